The third-order valence-corrected chi connectivity index (χ3v) is 5.22. The van der Waals surface area contributed by atoms with Crippen molar-refractivity contribution in [3.05, 3.63) is 105 Å². The Hall–Kier alpha value is -4.18. The summed E-state index contributed by atoms with van der Waals surface area (Å²) in [5.41, 5.74) is 1.61. The van der Waals surface area contributed by atoms with Crippen LogP contribution in [0.2, 0.25) is 5.02 Å². The molecule has 4 rings (SSSR count). The lowest BCUT2D eigenvalue weighted by atomic mass is 10.2. The first kappa shape index (κ1) is 23.0. The second kappa shape index (κ2) is 9.75. The number of benzene rings is 2. The molecule has 0 fully saturated rings. The highest BCUT2D eigenvalue weighted by molar-refractivity contribution is 6.31. The maximum absolute atomic E-state index is 13.2. The molecule has 2 aromatic heterocycles. The zero-order valence-corrected chi connectivity index (χ0v) is 18.6. The van der Waals surface area contributed by atoms with Crippen LogP contribution in [-0.2, 0) is 13.2 Å². The number of nitrogens with one attached hydrogen (secondary N) is 1. The fourth-order valence-electron chi connectivity index (χ4n) is 3.19. The summed E-state index contributed by atoms with van der Waals surface area (Å²) in [5.74, 6) is 0.0276. The van der Waals surface area contributed by atoms with Crippen molar-refractivity contribution in [2.45, 2.75) is 20.1 Å². The maximum atomic E-state index is 13.2. The first-order valence-corrected chi connectivity index (χ1v) is 10.4. The van der Waals surface area contributed by atoms with Gasteiger partial charge in [-0.3, -0.25) is 19.6 Å². The summed E-state index contributed by atoms with van der Waals surface area (Å²) in [6.45, 7) is 1.97. The van der Waals surface area contributed by atoms with Gasteiger partial charge >= 0.3 is 0 Å². The Labute approximate surface area is 197 Å². The molecule has 0 aliphatic rings. The Morgan fingerprint density at radius 1 is 1.26 bits per heavy atom. The van der Waals surface area contributed by atoms with Crippen molar-refractivity contribution in [1.82, 2.24) is 9.78 Å². The summed E-state index contributed by atoms with van der Waals surface area (Å²) >= 11 is 6.04. The van der Waals surface area contributed by atoms with Gasteiger partial charge in [-0.25, -0.2) is 4.39 Å². The number of hydrogen-bond acceptors (Lipinski definition) is 6. The number of hydrogen-bond donors (Lipinski definition) is 1. The van der Waals surface area contributed by atoms with E-state index in [2.05, 4.69) is 10.4 Å². The number of nitro benzene ring substituents is 1. The number of ether oxygens (including phenoxy) is 1. The predicted molar refractivity (Wildman–Crippen MR) is 122 cm³/mol. The predicted octanol–water partition coefficient (Wildman–Crippen LogP) is 5.36. The minimum Gasteiger partial charge on any atom is -0.486 e. The van der Waals surface area contributed by atoms with Gasteiger partial charge in [-0.05, 0) is 48.9 Å². The van der Waals surface area contributed by atoms with Crippen molar-refractivity contribution < 1.29 is 23.3 Å². The van der Waals surface area contributed by atoms with Crippen LogP contribution in [0.1, 0.15) is 27.4 Å². The molecule has 1 N–H and O–H groups in total. The standard InChI is InChI=1S/C23H18ClFN4O5/c1-14-8-18(4-6-21(14)29(31)32)33-13-19-5-7-22(34-19)23(30)27-17-10-26-28(12-17)11-15-2-3-16(25)9-20(15)24/h2-10,12H,11,13H2,1H3,(H,27,30). The molecule has 4 aromatic rings. The normalized spacial score (nSPS) is 10.8. The minimum atomic E-state index is -0.475. The van der Waals surface area contributed by atoms with Gasteiger partial charge in [0.25, 0.3) is 11.6 Å². The molecule has 0 bridgehead atoms. The van der Waals surface area contributed by atoms with Crippen LogP contribution in [0.4, 0.5) is 15.8 Å². The van der Waals surface area contributed by atoms with Gasteiger partial charge in [0.2, 0.25) is 0 Å². The molecule has 0 saturated heterocycles. The first-order chi connectivity index (χ1) is 16.3. The number of anilines is 1. The van der Waals surface area contributed by atoms with Gasteiger partial charge in [0.1, 0.15) is 23.9 Å². The van der Waals surface area contributed by atoms with Crippen molar-refractivity contribution in [2.24, 2.45) is 0 Å². The molecule has 0 saturated carbocycles. The highest BCUT2D eigenvalue weighted by Crippen LogP contribution is 2.24. The van der Waals surface area contributed by atoms with Gasteiger partial charge in [-0.15, -0.1) is 0 Å². The van der Waals surface area contributed by atoms with E-state index in [1.165, 1.54) is 36.5 Å². The molecule has 34 heavy (non-hydrogen) atoms. The molecular formula is C23H18ClFN4O5. The quantitative estimate of drug-likeness (QED) is 0.266. The maximum Gasteiger partial charge on any atom is 0.291 e. The number of carbonyl (C=O) groups is 1. The Morgan fingerprint density at radius 2 is 2.09 bits per heavy atom. The van der Waals surface area contributed by atoms with Crippen LogP contribution in [0, 0.1) is 22.9 Å². The van der Waals surface area contributed by atoms with Crippen molar-refractivity contribution in [1.29, 1.82) is 0 Å². The molecular weight excluding hydrogens is 467 g/mol. The first-order valence-electron chi connectivity index (χ1n) is 10.0. The summed E-state index contributed by atoms with van der Waals surface area (Å²) in [7, 11) is 0. The lowest BCUT2D eigenvalue weighted by molar-refractivity contribution is -0.385. The molecule has 11 heteroatoms. The molecule has 2 aromatic carbocycles. The zero-order valence-electron chi connectivity index (χ0n) is 17.8. The van der Waals surface area contributed by atoms with Gasteiger partial charge in [-0.2, -0.15) is 5.10 Å². The second-order valence-corrected chi connectivity index (χ2v) is 7.78. The molecule has 0 aliphatic carbocycles. The number of halogens is 2. The molecule has 1 amide bonds. The van der Waals surface area contributed by atoms with E-state index < -0.39 is 16.6 Å². The van der Waals surface area contributed by atoms with Gasteiger partial charge in [0.15, 0.2) is 5.76 Å². The number of amides is 1. The number of furan rings is 1. The van der Waals surface area contributed by atoms with Crippen LogP contribution < -0.4 is 10.1 Å². The molecule has 2 heterocycles. The number of aromatic nitrogens is 2. The van der Waals surface area contributed by atoms with Crippen LogP contribution in [0.5, 0.6) is 5.75 Å². The highest BCUT2D eigenvalue weighted by atomic mass is 35.5. The third-order valence-electron chi connectivity index (χ3n) is 4.87. The van der Waals surface area contributed by atoms with E-state index in [-0.39, 0.29) is 23.1 Å². The largest absolute Gasteiger partial charge is 0.486 e. The third kappa shape index (κ3) is 5.41. The van der Waals surface area contributed by atoms with Crippen LogP contribution in [-0.4, -0.2) is 20.6 Å². The van der Waals surface area contributed by atoms with Gasteiger partial charge in [0, 0.05) is 22.8 Å². The van der Waals surface area contributed by atoms with E-state index in [0.717, 1.165) is 0 Å². The van der Waals surface area contributed by atoms with Gasteiger partial charge in [0.05, 0.1) is 23.4 Å². The summed E-state index contributed by atoms with van der Waals surface area (Å²) in [4.78, 5) is 22.9. The Balaban J connectivity index is 1.34. The summed E-state index contributed by atoms with van der Waals surface area (Å²) in [6.07, 6.45) is 3.08. The Kier molecular flexibility index (Phi) is 6.60. The molecule has 0 aliphatic heterocycles. The van der Waals surface area contributed by atoms with Gasteiger partial charge in [-0.1, -0.05) is 17.7 Å². The van der Waals surface area contributed by atoms with E-state index in [1.807, 2.05) is 0 Å². The molecule has 9 nitrogen and oxygen atoms in total. The Bertz CT molecular complexity index is 1370. The van der Waals surface area contributed by atoms with E-state index in [0.29, 0.717) is 34.9 Å². The number of carbonyl (C=O) groups excluding carboxylic acids is 1. The molecule has 0 spiro atoms. The smallest absolute Gasteiger partial charge is 0.291 e. The average molecular weight is 485 g/mol. The summed E-state index contributed by atoms with van der Waals surface area (Å²) < 4.78 is 25.9. The SMILES string of the molecule is Cc1cc(OCc2ccc(C(=O)Nc3cnn(Cc4ccc(F)cc4Cl)c3)o2)ccc1[N+](=O)[O-]. The van der Waals surface area contributed by atoms with Crippen molar-refractivity contribution in [3.63, 3.8) is 0 Å². The van der Waals surface area contributed by atoms with Crippen LogP contribution in [0.25, 0.3) is 0 Å². The molecule has 0 radical (unpaired) electrons. The van der Waals surface area contributed by atoms with Crippen molar-refractivity contribution in [3.8, 4) is 5.75 Å². The molecule has 0 unspecified atom stereocenters. The van der Waals surface area contributed by atoms with Crippen molar-refractivity contribution in [2.75, 3.05) is 5.32 Å². The number of rotatable bonds is 8. The van der Waals surface area contributed by atoms with E-state index >= 15 is 0 Å². The lowest BCUT2D eigenvalue weighted by Crippen LogP contribution is -2.10. The number of nitro groups is 1. The van der Waals surface area contributed by atoms with Crippen LogP contribution in [0.3, 0.4) is 0 Å². The lowest BCUT2D eigenvalue weighted by Gasteiger charge is -2.05. The fourth-order valence-corrected chi connectivity index (χ4v) is 3.41. The molecule has 174 valence electrons. The fraction of sp³-hybridized carbons (Fsp3) is 0.130. The van der Waals surface area contributed by atoms with Crippen LogP contribution in [0.15, 0.2) is 65.3 Å². The monoisotopic (exact) mass is 484 g/mol. The van der Waals surface area contributed by atoms with E-state index in [9.17, 15) is 19.3 Å². The average Bonchev–Trinajstić information content (AvgIpc) is 3.43. The second-order valence-electron chi connectivity index (χ2n) is 7.38. The zero-order chi connectivity index (χ0) is 24.2. The minimum absolute atomic E-state index is 0.00777. The topological polar surface area (TPSA) is 112 Å². The highest BCUT2D eigenvalue weighted by Gasteiger charge is 2.15. The Morgan fingerprint density at radius 3 is 2.82 bits per heavy atom. The van der Waals surface area contributed by atoms with Gasteiger partial charge < -0.3 is 14.5 Å². The summed E-state index contributed by atoms with van der Waals surface area (Å²) in [6, 6.07) is 11.7. The van der Waals surface area contributed by atoms with Crippen LogP contribution >= 0.6 is 11.6 Å². The van der Waals surface area contributed by atoms with E-state index in [1.54, 1.807) is 36.0 Å². The van der Waals surface area contributed by atoms with Crippen molar-refractivity contribution >= 4 is 28.9 Å². The summed E-state index contributed by atoms with van der Waals surface area (Å²) in [5, 5.41) is 18.1. The number of aryl methyl sites for hydroxylation is 1. The van der Waals surface area contributed by atoms with E-state index in [4.69, 9.17) is 20.8 Å². The number of nitrogens with zero attached hydrogens (tertiary/aromatic N) is 3. The molecule has 0 atom stereocenters.